The van der Waals surface area contributed by atoms with Gasteiger partial charge in [0.15, 0.2) is 0 Å². The van der Waals surface area contributed by atoms with Gasteiger partial charge in [0.1, 0.15) is 5.69 Å². The number of hydrogen-bond donors (Lipinski definition) is 3. The minimum atomic E-state index is -0.203. The van der Waals surface area contributed by atoms with E-state index in [9.17, 15) is 4.79 Å². The summed E-state index contributed by atoms with van der Waals surface area (Å²) in [5.74, 6) is -0.203. The molecule has 3 rings (SSSR count). The largest absolute Gasteiger partial charge is 0.397 e. The topological polar surface area (TPSA) is 83.4 Å². The molecule has 0 aliphatic carbocycles. The zero-order chi connectivity index (χ0) is 14.7. The van der Waals surface area contributed by atoms with Gasteiger partial charge < -0.3 is 25.7 Å². The first kappa shape index (κ1) is 13.5. The van der Waals surface area contributed by atoms with Gasteiger partial charge in [0.25, 0.3) is 5.91 Å². The smallest absolute Gasteiger partial charge is 0.272 e. The maximum Gasteiger partial charge on any atom is 0.272 e. The zero-order valence-corrected chi connectivity index (χ0v) is 11.6. The van der Waals surface area contributed by atoms with Crippen molar-refractivity contribution in [1.29, 1.82) is 0 Å². The second-order valence-corrected chi connectivity index (χ2v) is 4.95. The van der Waals surface area contributed by atoms with Crippen LogP contribution >= 0.6 is 0 Å². The Kier molecular flexibility index (Phi) is 3.79. The normalized spacial score (nSPS) is 15.0. The molecule has 1 aromatic heterocycles. The first-order chi connectivity index (χ1) is 10.2. The van der Waals surface area contributed by atoms with E-state index in [2.05, 4.69) is 15.2 Å². The van der Waals surface area contributed by atoms with Crippen molar-refractivity contribution in [1.82, 2.24) is 4.98 Å². The Bertz CT molecular complexity index is 615. The molecule has 4 N–H and O–H groups in total. The van der Waals surface area contributed by atoms with Gasteiger partial charge in [-0.15, -0.1) is 0 Å². The number of rotatable bonds is 3. The van der Waals surface area contributed by atoms with Crippen LogP contribution in [0.25, 0.3) is 0 Å². The molecule has 1 aromatic carbocycles. The summed E-state index contributed by atoms with van der Waals surface area (Å²) in [7, 11) is 0. The van der Waals surface area contributed by atoms with E-state index in [0.717, 1.165) is 37.7 Å². The molecule has 1 amide bonds. The van der Waals surface area contributed by atoms with E-state index in [4.69, 9.17) is 10.5 Å². The second kappa shape index (κ2) is 5.88. The van der Waals surface area contributed by atoms with Crippen LogP contribution in [0.2, 0.25) is 0 Å². The SMILES string of the molecule is Nc1c[nH]c(C(=O)Nc2ccc(N3CCOCC3)cc2)c1. The molecule has 0 saturated carbocycles. The van der Waals surface area contributed by atoms with Crippen LogP contribution in [0.4, 0.5) is 17.1 Å². The number of carbonyl (C=O) groups excluding carboxylic acids is 1. The van der Waals surface area contributed by atoms with Crippen molar-refractivity contribution in [3.63, 3.8) is 0 Å². The molecule has 0 atom stereocenters. The highest BCUT2D eigenvalue weighted by molar-refractivity contribution is 6.03. The Hall–Kier alpha value is -2.47. The summed E-state index contributed by atoms with van der Waals surface area (Å²) < 4.78 is 5.34. The van der Waals surface area contributed by atoms with Crippen LogP contribution in [0.5, 0.6) is 0 Å². The van der Waals surface area contributed by atoms with Crippen LogP contribution in [-0.2, 0) is 4.74 Å². The second-order valence-electron chi connectivity index (χ2n) is 4.95. The Balaban J connectivity index is 1.65. The number of nitrogens with two attached hydrogens (primary N) is 1. The molecule has 0 radical (unpaired) electrons. The number of H-pyrrole nitrogens is 1. The van der Waals surface area contributed by atoms with Gasteiger partial charge in [0.05, 0.1) is 13.2 Å². The summed E-state index contributed by atoms with van der Waals surface area (Å²) in [4.78, 5) is 17.1. The van der Waals surface area contributed by atoms with E-state index in [1.165, 1.54) is 0 Å². The standard InChI is InChI=1S/C15H18N4O2/c16-11-9-14(17-10-11)15(20)18-12-1-3-13(4-2-12)19-5-7-21-8-6-19/h1-4,9-10,17H,5-8,16H2,(H,18,20). The lowest BCUT2D eigenvalue weighted by molar-refractivity contribution is 0.102. The summed E-state index contributed by atoms with van der Waals surface area (Å²) in [6.07, 6.45) is 1.59. The fourth-order valence-electron chi connectivity index (χ4n) is 2.32. The quantitative estimate of drug-likeness (QED) is 0.801. The Morgan fingerprint density at radius 1 is 1.24 bits per heavy atom. The molecule has 1 saturated heterocycles. The van der Waals surface area contributed by atoms with Crippen molar-refractivity contribution in [2.24, 2.45) is 0 Å². The van der Waals surface area contributed by atoms with E-state index < -0.39 is 0 Å². The maximum absolute atomic E-state index is 12.0. The lowest BCUT2D eigenvalue weighted by Crippen LogP contribution is -2.36. The van der Waals surface area contributed by atoms with Crippen LogP contribution in [0.3, 0.4) is 0 Å². The third kappa shape index (κ3) is 3.17. The molecule has 2 aromatic rings. The lowest BCUT2D eigenvalue weighted by Gasteiger charge is -2.28. The van der Waals surface area contributed by atoms with Gasteiger partial charge in [-0.25, -0.2) is 0 Å². The predicted molar refractivity (Wildman–Crippen MR) is 82.6 cm³/mol. The maximum atomic E-state index is 12.0. The first-order valence-electron chi connectivity index (χ1n) is 6.90. The van der Waals surface area contributed by atoms with Gasteiger partial charge >= 0.3 is 0 Å². The van der Waals surface area contributed by atoms with Gasteiger partial charge in [-0.1, -0.05) is 0 Å². The van der Waals surface area contributed by atoms with E-state index in [0.29, 0.717) is 11.4 Å². The van der Waals surface area contributed by atoms with Crippen LogP contribution < -0.4 is 16.0 Å². The van der Waals surface area contributed by atoms with Crippen molar-refractivity contribution in [2.45, 2.75) is 0 Å². The Morgan fingerprint density at radius 3 is 2.57 bits per heavy atom. The number of morpholine rings is 1. The van der Waals surface area contributed by atoms with Crippen LogP contribution in [0.15, 0.2) is 36.5 Å². The van der Waals surface area contributed by atoms with E-state index >= 15 is 0 Å². The van der Waals surface area contributed by atoms with Gasteiger partial charge in [-0.2, -0.15) is 0 Å². The summed E-state index contributed by atoms with van der Waals surface area (Å²) in [6.45, 7) is 3.31. The number of nitrogen functional groups attached to an aromatic ring is 1. The Morgan fingerprint density at radius 2 is 1.95 bits per heavy atom. The molecule has 1 aliphatic rings. The minimum Gasteiger partial charge on any atom is -0.397 e. The number of aromatic amines is 1. The molecule has 0 spiro atoms. The van der Waals surface area contributed by atoms with E-state index in [-0.39, 0.29) is 5.91 Å². The number of hydrogen-bond acceptors (Lipinski definition) is 4. The molecule has 6 heteroatoms. The fraction of sp³-hybridized carbons (Fsp3) is 0.267. The van der Waals surface area contributed by atoms with E-state index in [1.54, 1.807) is 12.3 Å². The summed E-state index contributed by atoms with van der Waals surface area (Å²) in [5, 5.41) is 2.83. The van der Waals surface area contributed by atoms with Crippen LogP contribution in [0, 0.1) is 0 Å². The molecule has 1 fully saturated rings. The van der Waals surface area contributed by atoms with Gasteiger partial charge in [0, 0.05) is 36.3 Å². The Labute approximate surface area is 122 Å². The van der Waals surface area contributed by atoms with Gasteiger partial charge in [0.2, 0.25) is 0 Å². The van der Waals surface area contributed by atoms with E-state index in [1.807, 2.05) is 24.3 Å². The molecule has 110 valence electrons. The first-order valence-corrected chi connectivity index (χ1v) is 6.90. The third-order valence-electron chi connectivity index (χ3n) is 3.45. The number of ether oxygens (including phenoxy) is 1. The third-order valence-corrected chi connectivity index (χ3v) is 3.45. The highest BCUT2D eigenvalue weighted by Crippen LogP contribution is 2.19. The number of benzene rings is 1. The molecule has 21 heavy (non-hydrogen) atoms. The summed E-state index contributed by atoms with van der Waals surface area (Å²) in [6, 6.07) is 9.41. The van der Waals surface area contributed by atoms with Crippen molar-refractivity contribution in [2.75, 3.05) is 42.3 Å². The summed E-state index contributed by atoms with van der Waals surface area (Å²) in [5.41, 5.74) is 8.47. The van der Waals surface area contributed by atoms with Crippen molar-refractivity contribution in [3.05, 3.63) is 42.2 Å². The fourth-order valence-corrected chi connectivity index (χ4v) is 2.32. The predicted octanol–water partition coefficient (Wildman–Crippen LogP) is 1.69. The highest BCUT2D eigenvalue weighted by atomic mass is 16.5. The lowest BCUT2D eigenvalue weighted by atomic mass is 10.2. The minimum absolute atomic E-state index is 0.203. The molecular formula is C15H18N4O2. The number of amides is 1. The molecular weight excluding hydrogens is 268 g/mol. The van der Waals surface area contributed by atoms with Gasteiger partial charge in [-0.05, 0) is 30.3 Å². The van der Waals surface area contributed by atoms with Gasteiger partial charge in [-0.3, -0.25) is 4.79 Å². The number of aromatic nitrogens is 1. The van der Waals surface area contributed by atoms with Crippen molar-refractivity contribution < 1.29 is 9.53 Å². The zero-order valence-electron chi connectivity index (χ0n) is 11.6. The average Bonchev–Trinajstić information content (AvgIpc) is 2.96. The molecule has 1 aliphatic heterocycles. The molecule has 0 bridgehead atoms. The van der Waals surface area contributed by atoms with Crippen LogP contribution in [0.1, 0.15) is 10.5 Å². The number of carbonyl (C=O) groups is 1. The molecule has 2 heterocycles. The number of nitrogens with zero attached hydrogens (tertiary/aromatic N) is 1. The van der Waals surface area contributed by atoms with Crippen molar-refractivity contribution in [3.8, 4) is 0 Å². The molecule has 6 nitrogen and oxygen atoms in total. The van der Waals surface area contributed by atoms with Crippen molar-refractivity contribution >= 4 is 23.0 Å². The number of nitrogens with one attached hydrogen (secondary N) is 2. The monoisotopic (exact) mass is 286 g/mol. The van der Waals surface area contributed by atoms with Crippen LogP contribution in [-0.4, -0.2) is 37.2 Å². The number of anilines is 3. The summed E-state index contributed by atoms with van der Waals surface area (Å²) >= 11 is 0. The average molecular weight is 286 g/mol. The molecule has 0 unspecified atom stereocenters. The highest BCUT2D eigenvalue weighted by Gasteiger charge is 2.12.